The maximum atomic E-state index is 12.3. The summed E-state index contributed by atoms with van der Waals surface area (Å²) in [6.45, 7) is 3.60. The molecule has 1 amide bonds. The molecule has 1 atom stereocenters. The van der Waals surface area contributed by atoms with Crippen molar-refractivity contribution in [3.05, 3.63) is 53.1 Å². The quantitative estimate of drug-likeness (QED) is 0.740. The van der Waals surface area contributed by atoms with E-state index in [0.29, 0.717) is 17.2 Å². The van der Waals surface area contributed by atoms with Crippen LogP contribution in [0.2, 0.25) is 5.02 Å². The van der Waals surface area contributed by atoms with Crippen LogP contribution in [0.5, 0.6) is 11.5 Å². The van der Waals surface area contributed by atoms with Crippen LogP contribution < -0.4 is 14.8 Å². The number of carbonyl (C=O) groups is 2. The summed E-state index contributed by atoms with van der Waals surface area (Å²) in [4.78, 5) is 24.0. The van der Waals surface area contributed by atoms with E-state index in [0.717, 1.165) is 0 Å². The van der Waals surface area contributed by atoms with Gasteiger partial charge in [-0.1, -0.05) is 17.7 Å². The van der Waals surface area contributed by atoms with Crippen molar-refractivity contribution in [2.45, 2.75) is 20.0 Å². The monoisotopic (exact) mass is 377 g/mol. The van der Waals surface area contributed by atoms with Gasteiger partial charge in [0.2, 0.25) is 0 Å². The van der Waals surface area contributed by atoms with E-state index in [1.807, 2.05) is 0 Å². The number of methoxy groups -OCH3 is 1. The van der Waals surface area contributed by atoms with Crippen molar-refractivity contribution in [1.29, 1.82) is 0 Å². The molecule has 26 heavy (non-hydrogen) atoms. The molecule has 7 heteroatoms. The van der Waals surface area contributed by atoms with Crippen LogP contribution in [-0.2, 0) is 9.53 Å². The number of nitrogens with one attached hydrogen (secondary N) is 1. The van der Waals surface area contributed by atoms with Gasteiger partial charge in [0.1, 0.15) is 11.5 Å². The van der Waals surface area contributed by atoms with Gasteiger partial charge in [-0.25, -0.2) is 4.79 Å². The lowest BCUT2D eigenvalue weighted by atomic mass is 10.2. The van der Waals surface area contributed by atoms with Crippen molar-refractivity contribution in [1.82, 2.24) is 0 Å². The number of anilines is 1. The van der Waals surface area contributed by atoms with Crippen molar-refractivity contribution in [3.8, 4) is 11.5 Å². The predicted octanol–water partition coefficient (Wildman–Crippen LogP) is 3.93. The number of esters is 1. The Kier molecular flexibility index (Phi) is 6.86. The number of hydrogen-bond donors (Lipinski definition) is 1. The molecule has 2 rings (SSSR count). The van der Waals surface area contributed by atoms with E-state index in [1.54, 1.807) is 51.3 Å². The maximum absolute atomic E-state index is 12.3. The summed E-state index contributed by atoms with van der Waals surface area (Å²) >= 11 is 6.09. The molecule has 0 heterocycles. The number of ether oxygens (including phenoxy) is 3. The number of amides is 1. The largest absolute Gasteiger partial charge is 0.497 e. The van der Waals surface area contributed by atoms with Crippen LogP contribution in [0.3, 0.4) is 0 Å². The van der Waals surface area contributed by atoms with E-state index in [9.17, 15) is 9.59 Å². The Morgan fingerprint density at radius 3 is 2.54 bits per heavy atom. The van der Waals surface area contributed by atoms with Crippen molar-refractivity contribution in [2.75, 3.05) is 19.0 Å². The van der Waals surface area contributed by atoms with E-state index in [4.69, 9.17) is 25.8 Å². The molecule has 0 saturated carbocycles. The molecule has 0 saturated heterocycles. The average Bonchev–Trinajstić information content (AvgIpc) is 2.62. The highest BCUT2D eigenvalue weighted by Gasteiger charge is 2.17. The molecule has 2 aromatic rings. The van der Waals surface area contributed by atoms with Crippen LogP contribution >= 0.6 is 11.6 Å². The van der Waals surface area contributed by atoms with Gasteiger partial charge in [-0.15, -0.1) is 0 Å². The Bertz CT molecular complexity index is 793. The predicted molar refractivity (Wildman–Crippen MR) is 99.1 cm³/mol. The third-order valence-electron chi connectivity index (χ3n) is 3.46. The first-order chi connectivity index (χ1) is 12.4. The van der Waals surface area contributed by atoms with E-state index in [-0.39, 0.29) is 23.1 Å². The van der Waals surface area contributed by atoms with Gasteiger partial charge >= 0.3 is 5.97 Å². The molecule has 0 aliphatic heterocycles. The summed E-state index contributed by atoms with van der Waals surface area (Å²) in [6, 6.07) is 11.5. The minimum Gasteiger partial charge on any atom is -0.497 e. The number of hydrogen-bond acceptors (Lipinski definition) is 5. The minimum atomic E-state index is -0.745. The van der Waals surface area contributed by atoms with Gasteiger partial charge in [0, 0.05) is 11.8 Å². The highest BCUT2D eigenvalue weighted by Crippen LogP contribution is 2.23. The van der Waals surface area contributed by atoms with E-state index in [1.165, 1.54) is 12.1 Å². The first kappa shape index (κ1) is 19.6. The van der Waals surface area contributed by atoms with Crippen molar-refractivity contribution in [2.24, 2.45) is 0 Å². The Labute approximate surface area is 157 Å². The number of benzene rings is 2. The first-order valence-electron chi connectivity index (χ1n) is 8.02. The molecule has 0 radical (unpaired) electrons. The molecule has 0 spiro atoms. The van der Waals surface area contributed by atoms with Gasteiger partial charge in [-0.05, 0) is 44.2 Å². The van der Waals surface area contributed by atoms with Crippen LogP contribution in [0.4, 0.5) is 5.69 Å². The van der Waals surface area contributed by atoms with Crippen LogP contribution in [-0.4, -0.2) is 31.7 Å². The lowest BCUT2D eigenvalue weighted by Gasteiger charge is -2.15. The maximum Gasteiger partial charge on any atom is 0.339 e. The molecule has 0 bridgehead atoms. The van der Waals surface area contributed by atoms with Gasteiger partial charge in [0.05, 0.1) is 24.3 Å². The van der Waals surface area contributed by atoms with Gasteiger partial charge in [0.15, 0.2) is 6.10 Å². The number of halogens is 1. The SMILES string of the molecule is CCOC(=O)c1ccc(NC(=O)C(C)Oc2cccc(OC)c2)cc1Cl. The van der Waals surface area contributed by atoms with Crippen molar-refractivity contribution in [3.63, 3.8) is 0 Å². The second-order valence-corrected chi connectivity index (χ2v) is 5.75. The highest BCUT2D eigenvalue weighted by atomic mass is 35.5. The summed E-state index contributed by atoms with van der Waals surface area (Å²) in [7, 11) is 1.55. The highest BCUT2D eigenvalue weighted by molar-refractivity contribution is 6.34. The molecule has 138 valence electrons. The molecule has 1 unspecified atom stereocenters. The summed E-state index contributed by atoms with van der Waals surface area (Å²) in [5, 5.41) is 2.89. The molecule has 0 aliphatic carbocycles. The van der Waals surface area contributed by atoms with Gasteiger partial charge < -0.3 is 19.5 Å². The average molecular weight is 378 g/mol. The zero-order chi connectivity index (χ0) is 19.1. The lowest BCUT2D eigenvalue weighted by Crippen LogP contribution is -2.30. The summed E-state index contributed by atoms with van der Waals surface area (Å²) in [5.41, 5.74) is 0.696. The Morgan fingerprint density at radius 1 is 1.15 bits per heavy atom. The fourth-order valence-corrected chi connectivity index (χ4v) is 2.40. The standard InChI is InChI=1S/C19H20ClNO5/c1-4-25-19(23)16-9-8-13(10-17(16)20)21-18(22)12(2)26-15-7-5-6-14(11-15)24-3/h5-12H,4H2,1-3H3,(H,21,22). The molecule has 2 aromatic carbocycles. The third-order valence-corrected chi connectivity index (χ3v) is 3.77. The molecule has 0 fully saturated rings. The fourth-order valence-electron chi connectivity index (χ4n) is 2.14. The molecular formula is C19H20ClNO5. The summed E-state index contributed by atoms with van der Waals surface area (Å²) < 4.78 is 15.6. The molecule has 1 N–H and O–H groups in total. The van der Waals surface area contributed by atoms with Crippen molar-refractivity contribution < 1.29 is 23.8 Å². The normalized spacial score (nSPS) is 11.4. The van der Waals surface area contributed by atoms with Crippen LogP contribution in [0.1, 0.15) is 24.2 Å². The smallest absolute Gasteiger partial charge is 0.339 e. The second-order valence-electron chi connectivity index (χ2n) is 5.34. The molecule has 0 aliphatic rings. The van der Waals surface area contributed by atoms with E-state index in [2.05, 4.69) is 5.32 Å². The van der Waals surface area contributed by atoms with E-state index < -0.39 is 12.1 Å². The van der Waals surface area contributed by atoms with Crippen molar-refractivity contribution >= 4 is 29.2 Å². The van der Waals surface area contributed by atoms with Gasteiger partial charge in [-0.2, -0.15) is 0 Å². The molecular weight excluding hydrogens is 358 g/mol. The summed E-state index contributed by atoms with van der Waals surface area (Å²) in [6.07, 6.45) is -0.745. The fraction of sp³-hybridized carbons (Fsp3) is 0.263. The Morgan fingerprint density at radius 2 is 1.88 bits per heavy atom. The second kappa shape index (κ2) is 9.10. The molecule has 0 aromatic heterocycles. The number of carbonyl (C=O) groups excluding carboxylic acids is 2. The zero-order valence-corrected chi connectivity index (χ0v) is 15.5. The lowest BCUT2D eigenvalue weighted by molar-refractivity contribution is -0.122. The van der Waals surface area contributed by atoms with Crippen LogP contribution in [0.25, 0.3) is 0 Å². The minimum absolute atomic E-state index is 0.197. The van der Waals surface area contributed by atoms with Gasteiger partial charge in [0.25, 0.3) is 5.91 Å². The Balaban J connectivity index is 2.02. The first-order valence-corrected chi connectivity index (χ1v) is 8.40. The zero-order valence-electron chi connectivity index (χ0n) is 14.7. The Hall–Kier alpha value is -2.73. The molecule has 6 nitrogen and oxygen atoms in total. The van der Waals surface area contributed by atoms with Crippen LogP contribution in [0, 0.1) is 0 Å². The van der Waals surface area contributed by atoms with E-state index >= 15 is 0 Å². The number of rotatable bonds is 7. The third kappa shape index (κ3) is 5.13. The summed E-state index contributed by atoms with van der Waals surface area (Å²) in [5.74, 6) is 0.289. The van der Waals surface area contributed by atoms with Gasteiger partial charge in [-0.3, -0.25) is 4.79 Å². The topological polar surface area (TPSA) is 73.9 Å². The van der Waals surface area contributed by atoms with Crippen LogP contribution in [0.15, 0.2) is 42.5 Å².